The van der Waals surface area contributed by atoms with Crippen molar-refractivity contribution in [1.29, 1.82) is 5.26 Å². The predicted molar refractivity (Wildman–Crippen MR) is 48.0 cm³/mol. The summed E-state index contributed by atoms with van der Waals surface area (Å²) >= 11 is 0. The van der Waals surface area contributed by atoms with E-state index < -0.39 is 0 Å². The molecule has 0 spiro atoms. The number of hydrogen-bond donors (Lipinski definition) is 0. The molecule has 0 saturated carbocycles. The summed E-state index contributed by atoms with van der Waals surface area (Å²) in [5, 5.41) is 8.55. The molecule has 0 N–H and O–H groups in total. The van der Waals surface area contributed by atoms with Crippen LogP contribution >= 0.6 is 0 Å². The first-order chi connectivity index (χ1) is 5.06. The fourth-order valence-corrected chi connectivity index (χ4v) is 1.33. The Hall–Kier alpha value is -0.770. The van der Waals surface area contributed by atoms with E-state index in [2.05, 4.69) is 19.6 Å². The highest BCUT2D eigenvalue weighted by atomic mass is 14.3. The molecule has 0 aliphatic rings. The number of hydrogen-bond acceptors (Lipinski definition) is 1. The maximum absolute atomic E-state index is 8.55. The molecule has 0 aromatic rings. The first kappa shape index (κ1) is 10.2. The van der Waals surface area contributed by atoms with Gasteiger partial charge in [0.25, 0.3) is 0 Å². The quantitative estimate of drug-likeness (QED) is 0.566. The molecule has 0 rings (SSSR count). The lowest BCUT2D eigenvalue weighted by molar-refractivity contribution is 0.469. The number of nitrogens with zero attached hydrogens (tertiary/aromatic N) is 1. The molecule has 0 bridgehead atoms. The molecule has 62 valence electrons. The summed E-state index contributed by atoms with van der Waals surface area (Å²) in [6.07, 6.45) is 2.04. The minimum Gasteiger partial charge on any atom is -0.198 e. The van der Waals surface area contributed by atoms with Crippen LogP contribution in [0.25, 0.3) is 0 Å². The van der Waals surface area contributed by atoms with Crippen LogP contribution in [-0.4, -0.2) is 0 Å². The van der Waals surface area contributed by atoms with Gasteiger partial charge in [0.05, 0.1) is 6.07 Å². The minimum absolute atomic E-state index is 0.185. The summed E-state index contributed by atoms with van der Waals surface area (Å²) < 4.78 is 0. The molecular formula is C10H17N. The van der Waals surface area contributed by atoms with E-state index in [1.165, 1.54) is 5.57 Å². The van der Waals surface area contributed by atoms with Gasteiger partial charge in [-0.3, -0.25) is 0 Å². The summed E-state index contributed by atoms with van der Waals surface area (Å²) in [6.45, 7) is 10.0. The first-order valence-electron chi connectivity index (χ1n) is 4.10. The van der Waals surface area contributed by atoms with Crippen LogP contribution in [0.3, 0.4) is 0 Å². The van der Waals surface area contributed by atoms with E-state index in [1.807, 2.05) is 13.8 Å². The van der Waals surface area contributed by atoms with E-state index >= 15 is 0 Å². The molecule has 1 heteroatoms. The Morgan fingerprint density at radius 1 is 1.55 bits per heavy atom. The average Bonchev–Trinajstić information content (AvgIpc) is 1.85. The fourth-order valence-electron chi connectivity index (χ4n) is 1.33. The van der Waals surface area contributed by atoms with Crippen molar-refractivity contribution in [2.45, 2.75) is 33.6 Å². The van der Waals surface area contributed by atoms with Gasteiger partial charge in [0.1, 0.15) is 0 Å². The van der Waals surface area contributed by atoms with E-state index in [1.54, 1.807) is 0 Å². The maximum Gasteiger partial charge on any atom is 0.0652 e. The van der Waals surface area contributed by atoms with E-state index in [-0.39, 0.29) is 5.92 Å². The topological polar surface area (TPSA) is 23.8 Å². The lowest BCUT2D eigenvalue weighted by atomic mass is 9.93. The predicted octanol–water partition coefficient (Wildman–Crippen LogP) is 3.14. The van der Waals surface area contributed by atoms with Gasteiger partial charge in [0.2, 0.25) is 0 Å². The second-order valence-electron chi connectivity index (χ2n) is 3.53. The number of allylic oxidation sites excluding steroid dienone is 1. The summed E-state index contributed by atoms with van der Waals surface area (Å²) in [5.41, 5.74) is 1.21. The molecule has 0 aliphatic heterocycles. The van der Waals surface area contributed by atoms with Crippen molar-refractivity contribution >= 4 is 0 Å². The second kappa shape index (κ2) is 4.96. The van der Waals surface area contributed by atoms with Crippen molar-refractivity contribution in [3.8, 4) is 6.07 Å². The molecular weight excluding hydrogens is 134 g/mol. The Morgan fingerprint density at radius 3 is 2.45 bits per heavy atom. The van der Waals surface area contributed by atoms with Crippen LogP contribution in [-0.2, 0) is 0 Å². The van der Waals surface area contributed by atoms with Gasteiger partial charge in [-0.05, 0) is 32.6 Å². The minimum atomic E-state index is 0.185. The van der Waals surface area contributed by atoms with Crippen molar-refractivity contribution in [3.63, 3.8) is 0 Å². The molecule has 0 saturated heterocycles. The third-order valence-electron chi connectivity index (χ3n) is 1.67. The van der Waals surface area contributed by atoms with E-state index in [9.17, 15) is 0 Å². The Bertz CT molecular complexity index is 164. The molecule has 2 atom stereocenters. The van der Waals surface area contributed by atoms with Crippen molar-refractivity contribution in [2.75, 3.05) is 0 Å². The van der Waals surface area contributed by atoms with Crippen LogP contribution < -0.4 is 0 Å². The van der Waals surface area contributed by atoms with E-state index in [0.717, 1.165) is 12.8 Å². The lowest BCUT2D eigenvalue weighted by Crippen LogP contribution is -2.01. The van der Waals surface area contributed by atoms with Crippen LogP contribution in [0, 0.1) is 23.2 Å². The largest absolute Gasteiger partial charge is 0.198 e. The van der Waals surface area contributed by atoms with Crippen LogP contribution in [0.4, 0.5) is 0 Å². The zero-order chi connectivity index (χ0) is 8.85. The summed E-state index contributed by atoms with van der Waals surface area (Å²) in [7, 11) is 0. The highest BCUT2D eigenvalue weighted by Gasteiger charge is 2.07. The Morgan fingerprint density at radius 2 is 2.09 bits per heavy atom. The molecule has 0 amide bonds. The average molecular weight is 151 g/mol. The molecule has 1 nitrogen and oxygen atoms in total. The molecule has 11 heavy (non-hydrogen) atoms. The van der Waals surface area contributed by atoms with Gasteiger partial charge >= 0.3 is 0 Å². The summed E-state index contributed by atoms with van der Waals surface area (Å²) in [6, 6.07) is 2.24. The van der Waals surface area contributed by atoms with Crippen LogP contribution in [0.1, 0.15) is 33.6 Å². The summed E-state index contributed by atoms with van der Waals surface area (Å²) in [5.74, 6) is 0.784. The molecule has 0 aromatic carbocycles. The maximum atomic E-state index is 8.55. The van der Waals surface area contributed by atoms with Gasteiger partial charge in [-0.2, -0.15) is 5.26 Å². The molecule has 0 fully saturated rings. The SMILES string of the molecule is C=C(C)CC(C)CC(C)C#N. The van der Waals surface area contributed by atoms with Gasteiger partial charge in [-0.1, -0.05) is 12.5 Å². The molecule has 0 radical (unpaired) electrons. The second-order valence-corrected chi connectivity index (χ2v) is 3.53. The zero-order valence-electron chi connectivity index (χ0n) is 7.72. The zero-order valence-corrected chi connectivity index (χ0v) is 7.72. The van der Waals surface area contributed by atoms with Gasteiger partial charge in [-0.25, -0.2) is 0 Å². The molecule has 0 aromatic heterocycles. The van der Waals surface area contributed by atoms with Gasteiger partial charge in [0.15, 0.2) is 0 Å². The van der Waals surface area contributed by atoms with E-state index in [4.69, 9.17) is 5.26 Å². The normalized spacial score (nSPS) is 15.1. The van der Waals surface area contributed by atoms with Crippen molar-refractivity contribution in [2.24, 2.45) is 11.8 Å². The van der Waals surface area contributed by atoms with Crippen molar-refractivity contribution < 1.29 is 0 Å². The highest BCUT2D eigenvalue weighted by molar-refractivity contribution is 4.91. The third kappa shape index (κ3) is 5.66. The lowest BCUT2D eigenvalue weighted by Gasteiger charge is -2.11. The number of rotatable bonds is 4. The Labute approximate surface area is 69.7 Å². The standard InChI is InChI=1S/C10H17N/c1-8(2)5-9(3)6-10(4)7-11/h9-10H,1,5-6H2,2-4H3. The van der Waals surface area contributed by atoms with Crippen LogP contribution in [0.5, 0.6) is 0 Å². The molecule has 0 heterocycles. The highest BCUT2D eigenvalue weighted by Crippen LogP contribution is 2.17. The Kier molecular flexibility index (Phi) is 4.61. The molecule has 0 aliphatic carbocycles. The fraction of sp³-hybridized carbons (Fsp3) is 0.700. The third-order valence-corrected chi connectivity index (χ3v) is 1.67. The number of nitriles is 1. The van der Waals surface area contributed by atoms with Crippen LogP contribution in [0.15, 0.2) is 12.2 Å². The smallest absolute Gasteiger partial charge is 0.0652 e. The van der Waals surface area contributed by atoms with Crippen molar-refractivity contribution in [1.82, 2.24) is 0 Å². The van der Waals surface area contributed by atoms with Crippen LogP contribution in [0.2, 0.25) is 0 Å². The first-order valence-corrected chi connectivity index (χ1v) is 4.10. The monoisotopic (exact) mass is 151 g/mol. The van der Waals surface area contributed by atoms with Gasteiger partial charge < -0.3 is 0 Å². The Balaban J connectivity index is 3.62. The van der Waals surface area contributed by atoms with Crippen molar-refractivity contribution in [3.05, 3.63) is 12.2 Å². The molecule has 2 unspecified atom stereocenters. The summed E-state index contributed by atoms with van der Waals surface area (Å²) in [4.78, 5) is 0. The van der Waals surface area contributed by atoms with Gasteiger partial charge in [0, 0.05) is 5.92 Å². The van der Waals surface area contributed by atoms with E-state index in [0.29, 0.717) is 5.92 Å². The van der Waals surface area contributed by atoms with Gasteiger partial charge in [-0.15, -0.1) is 6.58 Å².